The predicted octanol–water partition coefficient (Wildman–Crippen LogP) is 3.09. The number of ether oxygens (including phenoxy) is 1. The number of anilines is 2. The maximum absolute atomic E-state index is 13.4. The van der Waals surface area contributed by atoms with Crippen LogP contribution in [-0.2, 0) is 16.0 Å². The van der Waals surface area contributed by atoms with E-state index in [9.17, 15) is 18.8 Å². The minimum Gasteiger partial charge on any atom is -0.467 e. The van der Waals surface area contributed by atoms with Gasteiger partial charge in [-0.1, -0.05) is 6.07 Å². The molecule has 1 aliphatic rings. The van der Waals surface area contributed by atoms with Gasteiger partial charge < -0.3 is 15.0 Å². The number of nitrogens with zero attached hydrogens (tertiary/aromatic N) is 4. The van der Waals surface area contributed by atoms with Gasteiger partial charge >= 0.3 is 12.0 Å². The number of imide groups is 1. The van der Waals surface area contributed by atoms with Crippen LogP contribution in [0.1, 0.15) is 11.3 Å². The minimum atomic E-state index is -0.998. The molecule has 1 atom stereocenters. The maximum Gasteiger partial charge on any atom is 0.332 e. The van der Waals surface area contributed by atoms with Gasteiger partial charge in [0.1, 0.15) is 11.9 Å². The van der Waals surface area contributed by atoms with Crippen molar-refractivity contribution in [3.05, 3.63) is 64.9 Å². The quantitative estimate of drug-likeness (QED) is 0.509. The summed E-state index contributed by atoms with van der Waals surface area (Å²) in [5, 5.41) is 4.56. The monoisotopic (exact) mass is 469 g/mol. The fraction of sp³-hybridized carbons (Fsp3) is 0.227. The van der Waals surface area contributed by atoms with Gasteiger partial charge in [0.05, 0.1) is 37.3 Å². The molecule has 1 aromatic carbocycles. The molecule has 4 amide bonds. The van der Waals surface area contributed by atoms with E-state index in [1.165, 1.54) is 48.7 Å². The Morgan fingerprint density at radius 3 is 2.55 bits per heavy atom. The van der Waals surface area contributed by atoms with Crippen molar-refractivity contribution in [1.29, 1.82) is 0 Å². The Balaban J connectivity index is 1.53. The summed E-state index contributed by atoms with van der Waals surface area (Å²) in [6.45, 7) is 0.256. The van der Waals surface area contributed by atoms with Crippen molar-refractivity contribution in [3.8, 4) is 6.01 Å². The standard InChI is InChI=1S/C22H20FN5O4S/c1-32-21-24-12-15(13-25-21)26-19(29)11-18-20(30)28(16-6-4-14(23)5-7-16)22(31)27(18)9-8-17-3-2-10-33-17/h2-7,10,12-13,18H,8-9,11H2,1H3,(H,26,29). The average molecular weight is 469 g/mol. The number of benzene rings is 1. The molecule has 9 nitrogen and oxygen atoms in total. The molecule has 4 rings (SSSR count). The van der Waals surface area contributed by atoms with Gasteiger partial charge in [0.25, 0.3) is 5.91 Å². The molecule has 2 aromatic heterocycles. The summed E-state index contributed by atoms with van der Waals surface area (Å²) in [4.78, 5) is 50.3. The lowest BCUT2D eigenvalue weighted by Gasteiger charge is -2.21. The number of aromatic nitrogens is 2. The SMILES string of the molecule is COc1ncc(NC(=O)CC2C(=O)N(c3ccc(F)cc3)C(=O)N2CCc2cccs2)cn1. The maximum atomic E-state index is 13.4. The minimum absolute atomic E-state index is 0.152. The lowest BCUT2D eigenvalue weighted by Crippen LogP contribution is -2.39. The number of rotatable bonds is 8. The first-order valence-electron chi connectivity index (χ1n) is 10.0. The number of hydrogen-bond acceptors (Lipinski definition) is 7. The molecule has 0 radical (unpaired) electrons. The van der Waals surface area contributed by atoms with E-state index in [1.54, 1.807) is 11.3 Å². The van der Waals surface area contributed by atoms with Crippen LogP contribution >= 0.6 is 11.3 Å². The number of urea groups is 1. The van der Waals surface area contributed by atoms with Gasteiger partial charge in [0.15, 0.2) is 0 Å². The Bertz CT molecular complexity index is 1140. The van der Waals surface area contributed by atoms with E-state index in [4.69, 9.17) is 4.74 Å². The Hall–Kier alpha value is -3.86. The molecule has 170 valence electrons. The van der Waals surface area contributed by atoms with Crippen LogP contribution in [0.3, 0.4) is 0 Å². The number of amides is 4. The molecule has 1 unspecified atom stereocenters. The van der Waals surface area contributed by atoms with Crippen LogP contribution in [0.4, 0.5) is 20.6 Å². The van der Waals surface area contributed by atoms with Crippen molar-refractivity contribution in [2.75, 3.05) is 23.9 Å². The van der Waals surface area contributed by atoms with E-state index < -0.39 is 29.7 Å². The van der Waals surface area contributed by atoms with Gasteiger partial charge in [0.2, 0.25) is 5.91 Å². The second-order valence-electron chi connectivity index (χ2n) is 7.18. The first kappa shape index (κ1) is 22.3. The molecule has 1 N–H and O–H groups in total. The fourth-order valence-corrected chi connectivity index (χ4v) is 4.17. The second-order valence-corrected chi connectivity index (χ2v) is 8.21. The van der Waals surface area contributed by atoms with E-state index in [2.05, 4.69) is 15.3 Å². The number of methoxy groups -OCH3 is 1. The lowest BCUT2D eigenvalue weighted by atomic mass is 10.1. The fourth-order valence-electron chi connectivity index (χ4n) is 3.47. The lowest BCUT2D eigenvalue weighted by molar-refractivity contribution is -0.124. The van der Waals surface area contributed by atoms with Crippen LogP contribution in [0.25, 0.3) is 0 Å². The van der Waals surface area contributed by atoms with Gasteiger partial charge in [0, 0.05) is 11.4 Å². The van der Waals surface area contributed by atoms with Gasteiger partial charge in [-0.25, -0.2) is 24.1 Å². The number of carbonyl (C=O) groups excluding carboxylic acids is 3. The Morgan fingerprint density at radius 1 is 1.18 bits per heavy atom. The predicted molar refractivity (Wildman–Crippen MR) is 120 cm³/mol. The van der Waals surface area contributed by atoms with Crippen molar-refractivity contribution in [3.63, 3.8) is 0 Å². The summed E-state index contributed by atoms with van der Waals surface area (Å²) < 4.78 is 18.2. The number of carbonyl (C=O) groups is 3. The molecule has 3 heterocycles. The van der Waals surface area contributed by atoms with Crippen LogP contribution in [0.15, 0.2) is 54.2 Å². The summed E-state index contributed by atoms with van der Waals surface area (Å²) >= 11 is 1.55. The molecule has 1 aliphatic heterocycles. The third kappa shape index (κ3) is 4.98. The largest absolute Gasteiger partial charge is 0.467 e. The van der Waals surface area contributed by atoms with Gasteiger partial charge in [-0.2, -0.15) is 0 Å². The van der Waals surface area contributed by atoms with Crippen molar-refractivity contribution in [1.82, 2.24) is 14.9 Å². The summed E-state index contributed by atoms with van der Waals surface area (Å²) in [6, 6.07) is 7.53. The zero-order valence-electron chi connectivity index (χ0n) is 17.6. The Morgan fingerprint density at radius 2 is 1.91 bits per heavy atom. The third-order valence-corrected chi connectivity index (χ3v) is 5.99. The summed E-state index contributed by atoms with van der Waals surface area (Å²) in [6.07, 6.45) is 3.05. The molecule has 11 heteroatoms. The van der Waals surface area contributed by atoms with Gasteiger partial charge in [-0.3, -0.25) is 9.59 Å². The van der Waals surface area contributed by atoms with Gasteiger partial charge in [-0.15, -0.1) is 11.3 Å². The molecular formula is C22H20FN5O4S. The number of thiophene rings is 1. The van der Waals surface area contributed by atoms with E-state index in [0.717, 1.165) is 9.78 Å². The zero-order valence-corrected chi connectivity index (χ0v) is 18.4. The van der Waals surface area contributed by atoms with Crippen molar-refractivity contribution in [2.24, 2.45) is 0 Å². The van der Waals surface area contributed by atoms with E-state index in [-0.39, 0.29) is 24.7 Å². The summed E-state index contributed by atoms with van der Waals surface area (Å²) in [7, 11) is 1.42. The molecule has 1 saturated heterocycles. The van der Waals surface area contributed by atoms with Crippen molar-refractivity contribution >= 4 is 40.6 Å². The highest BCUT2D eigenvalue weighted by Gasteiger charge is 2.46. The first-order valence-corrected chi connectivity index (χ1v) is 10.9. The summed E-state index contributed by atoms with van der Waals surface area (Å²) in [5.74, 6) is -1.50. The van der Waals surface area contributed by atoms with Crippen molar-refractivity contribution in [2.45, 2.75) is 18.9 Å². The Kier molecular flexibility index (Phi) is 6.59. The highest BCUT2D eigenvalue weighted by molar-refractivity contribution is 7.09. The summed E-state index contributed by atoms with van der Waals surface area (Å²) in [5.41, 5.74) is 0.581. The first-order chi connectivity index (χ1) is 16.0. The molecule has 0 aliphatic carbocycles. The van der Waals surface area contributed by atoms with E-state index in [0.29, 0.717) is 12.1 Å². The highest BCUT2D eigenvalue weighted by atomic mass is 32.1. The zero-order chi connectivity index (χ0) is 23.4. The normalized spacial score (nSPS) is 15.8. The van der Waals surface area contributed by atoms with Crippen LogP contribution < -0.4 is 15.0 Å². The number of hydrogen-bond donors (Lipinski definition) is 1. The highest BCUT2D eigenvalue weighted by Crippen LogP contribution is 2.28. The molecular weight excluding hydrogens is 449 g/mol. The van der Waals surface area contributed by atoms with E-state index in [1.807, 2.05) is 17.5 Å². The molecule has 3 aromatic rings. The van der Waals surface area contributed by atoms with Gasteiger partial charge in [-0.05, 0) is 42.1 Å². The number of nitrogens with one attached hydrogen (secondary N) is 1. The van der Waals surface area contributed by atoms with E-state index >= 15 is 0 Å². The van der Waals surface area contributed by atoms with Crippen LogP contribution in [0.2, 0.25) is 0 Å². The second kappa shape index (κ2) is 9.74. The average Bonchev–Trinajstić information content (AvgIpc) is 3.41. The van der Waals surface area contributed by atoms with Crippen LogP contribution in [0, 0.1) is 5.82 Å². The molecule has 0 bridgehead atoms. The van der Waals surface area contributed by atoms with Crippen LogP contribution in [0.5, 0.6) is 6.01 Å². The topological polar surface area (TPSA) is 105 Å². The smallest absolute Gasteiger partial charge is 0.332 e. The number of halogens is 1. The van der Waals surface area contributed by atoms with Crippen molar-refractivity contribution < 1.29 is 23.5 Å². The molecule has 0 spiro atoms. The molecule has 0 saturated carbocycles. The van der Waals surface area contributed by atoms with Crippen LogP contribution in [-0.4, -0.2) is 52.4 Å². The Labute approximate surface area is 192 Å². The molecule has 33 heavy (non-hydrogen) atoms. The third-order valence-electron chi connectivity index (χ3n) is 5.06. The molecule has 1 fully saturated rings.